The van der Waals surface area contributed by atoms with Gasteiger partial charge in [0.15, 0.2) is 0 Å². The number of hydrogen-bond acceptors (Lipinski definition) is 6. The van der Waals surface area contributed by atoms with E-state index in [9.17, 15) is 24.6 Å². The number of carbonyl (C=O) groups excluding carboxylic acids is 3. The number of esters is 1. The van der Waals surface area contributed by atoms with Crippen LogP contribution < -0.4 is 0 Å². The van der Waals surface area contributed by atoms with Crippen molar-refractivity contribution in [3.8, 4) is 0 Å². The molecule has 2 N–H and O–H groups in total. The summed E-state index contributed by atoms with van der Waals surface area (Å²) in [7, 11) is 0. The lowest BCUT2D eigenvalue weighted by atomic mass is 9.98. The minimum atomic E-state index is -1.39. The second-order valence-electron chi connectivity index (χ2n) is 4.19. The molecule has 0 saturated heterocycles. The van der Waals surface area contributed by atoms with E-state index in [-0.39, 0.29) is 29.7 Å². The van der Waals surface area contributed by atoms with Gasteiger partial charge >= 0.3 is 5.97 Å². The van der Waals surface area contributed by atoms with Crippen LogP contribution in [0.15, 0.2) is 18.2 Å². The molecule has 0 radical (unpaired) electrons. The molecule has 0 aliphatic rings. The van der Waals surface area contributed by atoms with Gasteiger partial charge in [0.25, 0.3) is 0 Å². The summed E-state index contributed by atoms with van der Waals surface area (Å²) in [5.41, 5.74) is 0.590. The first kappa shape index (κ1) is 16.0. The molecule has 20 heavy (non-hydrogen) atoms. The fraction of sp³-hybridized carbons (Fsp3) is 0.357. The van der Waals surface area contributed by atoms with Gasteiger partial charge in [-0.25, -0.2) is 0 Å². The smallest absolute Gasteiger partial charge is 0.308 e. The van der Waals surface area contributed by atoms with Crippen molar-refractivity contribution >= 4 is 18.5 Å². The molecule has 2 unspecified atom stereocenters. The van der Waals surface area contributed by atoms with Gasteiger partial charge in [-0.05, 0) is 30.7 Å². The minimum absolute atomic E-state index is 0.178. The molecule has 108 valence electrons. The quantitative estimate of drug-likeness (QED) is 0.562. The normalized spacial score (nSPS) is 13.3. The van der Waals surface area contributed by atoms with Crippen molar-refractivity contribution in [1.82, 2.24) is 0 Å². The van der Waals surface area contributed by atoms with Crippen LogP contribution in [0, 0.1) is 0 Å². The van der Waals surface area contributed by atoms with E-state index < -0.39 is 18.2 Å². The number of benzene rings is 1. The lowest BCUT2D eigenvalue weighted by Crippen LogP contribution is -2.23. The molecule has 1 aromatic carbocycles. The predicted molar refractivity (Wildman–Crippen MR) is 69.4 cm³/mol. The Labute approximate surface area is 116 Å². The molecule has 6 heteroatoms. The molecule has 2 atom stereocenters. The topological polar surface area (TPSA) is 101 Å². The van der Waals surface area contributed by atoms with Crippen LogP contribution in [0.4, 0.5) is 0 Å². The molecular weight excluding hydrogens is 264 g/mol. The Morgan fingerprint density at radius 3 is 2.20 bits per heavy atom. The average Bonchev–Trinajstić information content (AvgIpc) is 2.45. The summed E-state index contributed by atoms with van der Waals surface area (Å²) in [6, 6.07) is 4.05. The third-order valence-corrected chi connectivity index (χ3v) is 2.66. The third-order valence-electron chi connectivity index (χ3n) is 2.66. The molecule has 0 bridgehead atoms. The zero-order valence-corrected chi connectivity index (χ0v) is 11.0. The van der Waals surface area contributed by atoms with Crippen LogP contribution in [-0.2, 0) is 9.53 Å². The fourth-order valence-electron chi connectivity index (χ4n) is 1.73. The van der Waals surface area contributed by atoms with E-state index in [0.29, 0.717) is 12.6 Å². The third kappa shape index (κ3) is 4.25. The molecule has 0 spiro atoms. The number of aliphatic hydroxyl groups excluding tert-OH is 2. The second kappa shape index (κ2) is 7.52. The van der Waals surface area contributed by atoms with Crippen molar-refractivity contribution in [3.63, 3.8) is 0 Å². The van der Waals surface area contributed by atoms with Crippen molar-refractivity contribution in [2.75, 3.05) is 6.61 Å². The van der Waals surface area contributed by atoms with Crippen molar-refractivity contribution < 1.29 is 29.3 Å². The monoisotopic (exact) mass is 280 g/mol. The number of rotatable bonds is 7. The lowest BCUT2D eigenvalue weighted by Gasteiger charge is -2.18. The predicted octanol–water partition coefficient (Wildman–Crippen LogP) is 0.659. The molecule has 0 saturated carbocycles. The highest BCUT2D eigenvalue weighted by Gasteiger charge is 2.22. The van der Waals surface area contributed by atoms with Crippen LogP contribution in [0.2, 0.25) is 0 Å². The van der Waals surface area contributed by atoms with E-state index in [2.05, 4.69) is 4.74 Å². The van der Waals surface area contributed by atoms with E-state index >= 15 is 0 Å². The van der Waals surface area contributed by atoms with Crippen molar-refractivity contribution in [2.45, 2.75) is 25.6 Å². The maximum Gasteiger partial charge on any atom is 0.308 e. The zero-order valence-electron chi connectivity index (χ0n) is 11.0. The maximum atomic E-state index is 11.2. The fourth-order valence-corrected chi connectivity index (χ4v) is 1.73. The summed E-state index contributed by atoms with van der Waals surface area (Å²) in [6.07, 6.45) is -2.09. The van der Waals surface area contributed by atoms with Crippen LogP contribution in [0.25, 0.3) is 0 Å². The van der Waals surface area contributed by atoms with Gasteiger partial charge in [0, 0.05) is 11.1 Å². The van der Waals surface area contributed by atoms with Crippen molar-refractivity contribution in [3.05, 3.63) is 34.9 Å². The van der Waals surface area contributed by atoms with Gasteiger partial charge in [0.1, 0.15) is 18.7 Å². The molecule has 0 aliphatic carbocycles. The Morgan fingerprint density at radius 2 is 1.75 bits per heavy atom. The van der Waals surface area contributed by atoms with Crippen molar-refractivity contribution in [1.29, 1.82) is 0 Å². The Hall–Kier alpha value is -2.05. The van der Waals surface area contributed by atoms with Crippen LogP contribution in [0.1, 0.15) is 45.7 Å². The van der Waals surface area contributed by atoms with Gasteiger partial charge in [-0.15, -0.1) is 0 Å². The summed E-state index contributed by atoms with van der Waals surface area (Å²) >= 11 is 0. The van der Waals surface area contributed by atoms with Crippen LogP contribution in [0.5, 0.6) is 0 Å². The number of hydrogen-bond donors (Lipinski definition) is 2. The van der Waals surface area contributed by atoms with Crippen LogP contribution in [0.3, 0.4) is 0 Å². The van der Waals surface area contributed by atoms with E-state index in [1.165, 1.54) is 18.2 Å². The van der Waals surface area contributed by atoms with Crippen LogP contribution in [-0.4, -0.2) is 41.5 Å². The van der Waals surface area contributed by atoms with Gasteiger partial charge in [-0.3, -0.25) is 14.4 Å². The molecule has 0 aromatic heterocycles. The molecule has 0 amide bonds. The molecule has 6 nitrogen and oxygen atoms in total. The Morgan fingerprint density at radius 1 is 1.20 bits per heavy atom. The highest BCUT2D eigenvalue weighted by Crippen LogP contribution is 2.21. The number of carbonyl (C=O) groups is 3. The standard InChI is InChI=1S/C14H16O6/c1-2-20-13(18)6-12(17)14(19)11-4-9(7-15)3-10(5-11)8-16/h3-5,7-8,12,14,17,19H,2,6H2,1H3. The molecule has 0 aliphatic heterocycles. The first-order valence-electron chi connectivity index (χ1n) is 6.09. The van der Waals surface area contributed by atoms with E-state index in [0.717, 1.165) is 0 Å². The Kier molecular flexibility index (Phi) is 6.02. The first-order valence-corrected chi connectivity index (χ1v) is 6.09. The molecule has 1 rings (SSSR count). The second-order valence-corrected chi connectivity index (χ2v) is 4.19. The SMILES string of the molecule is CCOC(=O)CC(O)C(O)c1cc(C=O)cc(C=O)c1. The Bertz CT molecular complexity index is 470. The average molecular weight is 280 g/mol. The van der Waals surface area contributed by atoms with Gasteiger partial charge in [0.05, 0.1) is 19.1 Å². The van der Waals surface area contributed by atoms with Crippen LogP contribution >= 0.6 is 0 Å². The highest BCUT2D eigenvalue weighted by molar-refractivity contribution is 5.82. The van der Waals surface area contributed by atoms with Gasteiger partial charge < -0.3 is 14.9 Å². The zero-order chi connectivity index (χ0) is 15.1. The van der Waals surface area contributed by atoms with E-state index in [4.69, 9.17) is 0 Å². The van der Waals surface area contributed by atoms with Crippen molar-refractivity contribution in [2.24, 2.45) is 0 Å². The maximum absolute atomic E-state index is 11.2. The number of aldehydes is 2. The largest absolute Gasteiger partial charge is 0.466 e. The van der Waals surface area contributed by atoms with Gasteiger partial charge in [-0.2, -0.15) is 0 Å². The molecular formula is C14H16O6. The Balaban J connectivity index is 2.90. The van der Waals surface area contributed by atoms with E-state index in [1.54, 1.807) is 6.92 Å². The minimum Gasteiger partial charge on any atom is -0.466 e. The summed E-state index contributed by atoms with van der Waals surface area (Å²) < 4.78 is 4.67. The number of ether oxygens (including phenoxy) is 1. The molecule has 0 fully saturated rings. The summed E-state index contributed by atoms with van der Waals surface area (Å²) in [4.78, 5) is 32.7. The molecule has 1 aromatic rings. The van der Waals surface area contributed by atoms with Gasteiger partial charge in [0.2, 0.25) is 0 Å². The summed E-state index contributed by atoms with van der Waals surface area (Å²) in [6.45, 7) is 1.81. The highest BCUT2D eigenvalue weighted by atomic mass is 16.5. The number of aliphatic hydroxyl groups is 2. The van der Waals surface area contributed by atoms with Gasteiger partial charge in [-0.1, -0.05) is 0 Å². The molecule has 0 heterocycles. The van der Waals surface area contributed by atoms with E-state index in [1.807, 2.05) is 0 Å². The summed E-state index contributed by atoms with van der Waals surface area (Å²) in [5, 5.41) is 19.7. The summed E-state index contributed by atoms with van der Waals surface area (Å²) in [5.74, 6) is -0.638. The lowest BCUT2D eigenvalue weighted by molar-refractivity contribution is -0.147. The first-order chi connectivity index (χ1) is 9.51.